The monoisotopic (exact) mass is 379 g/mol. The van der Waals surface area contributed by atoms with Crippen LogP contribution in [0.3, 0.4) is 0 Å². The molecule has 4 nitrogen and oxygen atoms in total. The SMILES string of the molecule is CC1CCN(Cc2ccc3nc(NC(=O)Cc4ccccc4)sc3c2)CC1. The molecule has 0 bridgehead atoms. The number of benzene rings is 2. The molecular formula is C22H25N3OS. The van der Waals surface area contributed by atoms with Gasteiger partial charge in [0.15, 0.2) is 5.13 Å². The first-order valence-electron chi connectivity index (χ1n) is 9.61. The molecule has 2 aromatic carbocycles. The molecule has 1 amide bonds. The van der Waals surface area contributed by atoms with Crippen LogP contribution < -0.4 is 5.32 Å². The zero-order valence-corrected chi connectivity index (χ0v) is 16.5. The third-order valence-corrected chi connectivity index (χ3v) is 6.12. The zero-order valence-electron chi connectivity index (χ0n) is 15.6. The highest BCUT2D eigenvalue weighted by Gasteiger charge is 2.16. The van der Waals surface area contributed by atoms with Crippen LogP contribution in [0.1, 0.15) is 30.9 Å². The van der Waals surface area contributed by atoms with Gasteiger partial charge in [-0.1, -0.05) is 54.7 Å². The summed E-state index contributed by atoms with van der Waals surface area (Å²) in [6.45, 7) is 5.70. The predicted octanol–water partition coefficient (Wildman–Crippen LogP) is 4.71. The van der Waals surface area contributed by atoms with E-state index < -0.39 is 0 Å². The van der Waals surface area contributed by atoms with Gasteiger partial charge in [-0.15, -0.1) is 0 Å². The standard InChI is InChI=1S/C22H25N3OS/c1-16-9-11-25(12-10-16)15-18-7-8-19-20(13-18)27-22(23-19)24-21(26)14-17-5-3-2-4-6-17/h2-8,13,16H,9-12,14-15H2,1H3,(H,23,24,26). The van der Waals surface area contributed by atoms with Gasteiger partial charge >= 0.3 is 0 Å². The highest BCUT2D eigenvalue weighted by molar-refractivity contribution is 7.22. The van der Waals surface area contributed by atoms with E-state index in [2.05, 4.69) is 40.3 Å². The van der Waals surface area contributed by atoms with Crippen molar-refractivity contribution in [2.45, 2.75) is 32.7 Å². The van der Waals surface area contributed by atoms with E-state index in [0.717, 1.165) is 28.2 Å². The summed E-state index contributed by atoms with van der Waals surface area (Å²) >= 11 is 1.55. The second kappa shape index (κ2) is 8.19. The zero-order chi connectivity index (χ0) is 18.6. The van der Waals surface area contributed by atoms with E-state index in [9.17, 15) is 4.79 Å². The van der Waals surface area contributed by atoms with Crippen molar-refractivity contribution >= 4 is 32.6 Å². The summed E-state index contributed by atoms with van der Waals surface area (Å²) in [4.78, 5) is 19.4. The second-order valence-corrected chi connectivity index (χ2v) is 8.52. The van der Waals surface area contributed by atoms with E-state index >= 15 is 0 Å². The molecular weight excluding hydrogens is 354 g/mol. The normalized spacial score (nSPS) is 15.9. The maximum atomic E-state index is 12.3. The van der Waals surface area contributed by atoms with Crippen LogP contribution >= 0.6 is 11.3 Å². The van der Waals surface area contributed by atoms with Crippen molar-refractivity contribution in [3.05, 3.63) is 59.7 Å². The number of hydrogen-bond donors (Lipinski definition) is 1. The Labute approximate surface area is 164 Å². The maximum Gasteiger partial charge on any atom is 0.230 e. The van der Waals surface area contributed by atoms with Crippen LogP contribution in [0.25, 0.3) is 10.2 Å². The minimum Gasteiger partial charge on any atom is -0.302 e. The first kappa shape index (κ1) is 18.1. The first-order chi connectivity index (χ1) is 13.2. The molecule has 140 valence electrons. The molecule has 0 radical (unpaired) electrons. The molecule has 3 aromatic rings. The quantitative estimate of drug-likeness (QED) is 0.698. The number of aromatic nitrogens is 1. The molecule has 5 heteroatoms. The lowest BCUT2D eigenvalue weighted by Gasteiger charge is -2.30. The van der Waals surface area contributed by atoms with Crippen molar-refractivity contribution in [2.75, 3.05) is 18.4 Å². The number of amides is 1. The fourth-order valence-electron chi connectivity index (χ4n) is 3.54. The fourth-order valence-corrected chi connectivity index (χ4v) is 4.49. The number of carbonyl (C=O) groups excluding carboxylic acids is 1. The number of likely N-dealkylation sites (tertiary alicyclic amines) is 1. The smallest absolute Gasteiger partial charge is 0.230 e. The summed E-state index contributed by atoms with van der Waals surface area (Å²) in [6.07, 6.45) is 2.95. The summed E-state index contributed by atoms with van der Waals surface area (Å²) < 4.78 is 1.13. The Morgan fingerprint density at radius 3 is 2.70 bits per heavy atom. The maximum absolute atomic E-state index is 12.3. The van der Waals surface area contributed by atoms with Crippen molar-refractivity contribution in [2.24, 2.45) is 5.92 Å². The number of nitrogens with zero attached hydrogens (tertiary/aromatic N) is 2. The Balaban J connectivity index is 1.40. The number of carbonyl (C=O) groups is 1. The van der Waals surface area contributed by atoms with Crippen molar-refractivity contribution in [1.29, 1.82) is 0 Å². The van der Waals surface area contributed by atoms with E-state index in [0.29, 0.717) is 11.6 Å². The molecule has 27 heavy (non-hydrogen) atoms. The summed E-state index contributed by atoms with van der Waals surface area (Å²) in [5.74, 6) is 0.829. The Morgan fingerprint density at radius 2 is 1.93 bits per heavy atom. The summed E-state index contributed by atoms with van der Waals surface area (Å²) in [5.41, 5.74) is 3.28. The average molecular weight is 380 g/mol. The lowest BCUT2D eigenvalue weighted by Crippen LogP contribution is -2.32. The number of thiazole rings is 1. The van der Waals surface area contributed by atoms with Gasteiger partial charge in [-0.2, -0.15) is 0 Å². The van der Waals surface area contributed by atoms with Crippen LogP contribution in [-0.4, -0.2) is 28.9 Å². The first-order valence-corrected chi connectivity index (χ1v) is 10.4. The van der Waals surface area contributed by atoms with Gasteiger partial charge in [0, 0.05) is 6.54 Å². The van der Waals surface area contributed by atoms with E-state index in [1.165, 1.54) is 31.5 Å². The Kier molecular flexibility index (Phi) is 5.50. The fraction of sp³-hybridized carbons (Fsp3) is 0.364. The number of anilines is 1. The van der Waals surface area contributed by atoms with Gasteiger partial charge in [0.25, 0.3) is 0 Å². The highest BCUT2D eigenvalue weighted by Crippen LogP contribution is 2.28. The number of rotatable bonds is 5. The number of fused-ring (bicyclic) bond motifs is 1. The lowest BCUT2D eigenvalue weighted by atomic mass is 9.99. The van der Waals surface area contributed by atoms with E-state index in [1.54, 1.807) is 11.3 Å². The van der Waals surface area contributed by atoms with Crippen molar-refractivity contribution in [3.63, 3.8) is 0 Å². The number of piperidine rings is 1. The van der Waals surface area contributed by atoms with Crippen LogP contribution in [0.15, 0.2) is 48.5 Å². The highest BCUT2D eigenvalue weighted by atomic mass is 32.1. The Hall–Kier alpha value is -2.24. The van der Waals surface area contributed by atoms with Gasteiger partial charge in [-0.3, -0.25) is 9.69 Å². The van der Waals surface area contributed by atoms with Gasteiger partial charge in [0.2, 0.25) is 5.91 Å². The molecule has 1 aliphatic heterocycles. The molecule has 0 aliphatic carbocycles. The van der Waals surface area contributed by atoms with Crippen molar-refractivity contribution in [1.82, 2.24) is 9.88 Å². The van der Waals surface area contributed by atoms with Crippen LogP contribution in [0.4, 0.5) is 5.13 Å². The van der Waals surface area contributed by atoms with Crippen LogP contribution in [0, 0.1) is 5.92 Å². The summed E-state index contributed by atoms with van der Waals surface area (Å²) in [6, 6.07) is 16.2. The van der Waals surface area contributed by atoms with Crippen LogP contribution in [0.2, 0.25) is 0 Å². The summed E-state index contributed by atoms with van der Waals surface area (Å²) in [5, 5.41) is 3.62. The van der Waals surface area contributed by atoms with Crippen LogP contribution in [-0.2, 0) is 17.8 Å². The molecule has 2 heterocycles. The number of nitrogens with one attached hydrogen (secondary N) is 1. The van der Waals surface area contributed by atoms with Gasteiger partial charge in [0.1, 0.15) is 0 Å². The largest absolute Gasteiger partial charge is 0.302 e. The topological polar surface area (TPSA) is 45.2 Å². The second-order valence-electron chi connectivity index (χ2n) is 7.49. The Morgan fingerprint density at radius 1 is 1.15 bits per heavy atom. The van der Waals surface area contributed by atoms with E-state index in [-0.39, 0.29) is 5.91 Å². The van der Waals surface area contributed by atoms with Gasteiger partial charge < -0.3 is 5.32 Å². The molecule has 1 aromatic heterocycles. The lowest BCUT2D eigenvalue weighted by molar-refractivity contribution is -0.115. The molecule has 1 saturated heterocycles. The molecule has 0 unspecified atom stereocenters. The minimum absolute atomic E-state index is 0.0251. The molecule has 0 spiro atoms. The molecule has 4 rings (SSSR count). The third-order valence-electron chi connectivity index (χ3n) is 5.19. The number of hydrogen-bond acceptors (Lipinski definition) is 4. The summed E-state index contributed by atoms with van der Waals surface area (Å²) in [7, 11) is 0. The minimum atomic E-state index is -0.0251. The molecule has 1 N–H and O–H groups in total. The molecule has 0 atom stereocenters. The Bertz CT molecular complexity index is 914. The van der Waals surface area contributed by atoms with Gasteiger partial charge in [-0.25, -0.2) is 4.98 Å². The molecule has 1 aliphatic rings. The molecule has 1 fully saturated rings. The van der Waals surface area contributed by atoms with Crippen molar-refractivity contribution < 1.29 is 4.79 Å². The van der Waals surface area contributed by atoms with Gasteiger partial charge in [-0.05, 0) is 55.1 Å². The third kappa shape index (κ3) is 4.73. The predicted molar refractivity (Wildman–Crippen MR) is 112 cm³/mol. The van der Waals surface area contributed by atoms with Crippen LogP contribution in [0.5, 0.6) is 0 Å². The van der Waals surface area contributed by atoms with Crippen molar-refractivity contribution in [3.8, 4) is 0 Å². The molecule has 0 saturated carbocycles. The van der Waals surface area contributed by atoms with E-state index in [4.69, 9.17) is 0 Å². The van der Waals surface area contributed by atoms with Gasteiger partial charge in [0.05, 0.1) is 16.6 Å². The average Bonchev–Trinajstić information content (AvgIpc) is 3.05. The van der Waals surface area contributed by atoms with E-state index in [1.807, 2.05) is 30.3 Å².